The number of carbonyl (C=O) groups excluding carboxylic acids is 1. The Kier molecular flexibility index (Phi) is 8.36. The minimum Gasteiger partial charge on any atom is -0.355 e. The molecule has 0 spiro atoms. The smallest absolute Gasteiger partial charge is 0.220 e. The summed E-state index contributed by atoms with van der Waals surface area (Å²) in [5, 5.41) is 5.74. The monoisotopic (exact) mass is 260 g/mol. The first-order valence-corrected chi connectivity index (χ1v) is 5.38. The number of aryl methyl sites for hydroxylation is 1. The summed E-state index contributed by atoms with van der Waals surface area (Å²) in [5.41, 5.74) is 0.977. The average molecular weight is 261 g/mol. The number of carbonyl (C=O) groups is 1. The fourth-order valence-electron chi connectivity index (χ4n) is 1.32. The van der Waals surface area contributed by atoms with Gasteiger partial charge in [-0.05, 0) is 31.2 Å². The van der Waals surface area contributed by atoms with Crippen LogP contribution in [0, 0.1) is 5.82 Å². The second kappa shape index (κ2) is 8.96. The maximum absolute atomic E-state index is 12.6. The fraction of sp³-hybridized carbons (Fsp3) is 0.417. The van der Waals surface area contributed by atoms with Crippen molar-refractivity contribution in [3.8, 4) is 0 Å². The molecule has 1 aromatic carbocycles. The maximum Gasteiger partial charge on any atom is 0.220 e. The number of hydrogen-bond donors (Lipinski definition) is 2. The Morgan fingerprint density at radius 3 is 2.47 bits per heavy atom. The van der Waals surface area contributed by atoms with Gasteiger partial charge in [-0.1, -0.05) is 12.1 Å². The van der Waals surface area contributed by atoms with Crippen molar-refractivity contribution in [2.75, 3.05) is 20.1 Å². The van der Waals surface area contributed by atoms with E-state index in [1.54, 1.807) is 12.1 Å². The molecule has 0 fully saturated rings. The van der Waals surface area contributed by atoms with E-state index in [2.05, 4.69) is 10.6 Å². The SMILES string of the molecule is CNCCNC(=O)CCc1ccc(F)cc1.Cl. The first-order chi connectivity index (χ1) is 7.72. The Hall–Kier alpha value is -1.13. The molecule has 1 rings (SSSR count). The molecule has 1 amide bonds. The van der Waals surface area contributed by atoms with Crippen LogP contribution in [0.2, 0.25) is 0 Å². The summed E-state index contributed by atoms with van der Waals surface area (Å²) >= 11 is 0. The molecule has 0 aliphatic heterocycles. The number of rotatable bonds is 6. The molecule has 0 saturated heterocycles. The molecule has 0 unspecified atom stereocenters. The third-order valence-electron chi connectivity index (χ3n) is 2.25. The largest absolute Gasteiger partial charge is 0.355 e. The highest BCUT2D eigenvalue weighted by molar-refractivity contribution is 5.85. The zero-order chi connectivity index (χ0) is 11.8. The predicted molar refractivity (Wildman–Crippen MR) is 68.9 cm³/mol. The van der Waals surface area contributed by atoms with Gasteiger partial charge in [0.25, 0.3) is 0 Å². The van der Waals surface area contributed by atoms with E-state index in [1.165, 1.54) is 12.1 Å². The van der Waals surface area contributed by atoms with Crippen LogP contribution in [0.15, 0.2) is 24.3 Å². The number of nitrogens with one attached hydrogen (secondary N) is 2. The first kappa shape index (κ1) is 15.9. The Morgan fingerprint density at radius 2 is 1.88 bits per heavy atom. The topological polar surface area (TPSA) is 41.1 Å². The normalized spacial score (nSPS) is 9.53. The molecule has 0 aliphatic carbocycles. The molecule has 3 nitrogen and oxygen atoms in total. The highest BCUT2D eigenvalue weighted by atomic mass is 35.5. The van der Waals surface area contributed by atoms with Gasteiger partial charge in [0.05, 0.1) is 0 Å². The van der Waals surface area contributed by atoms with E-state index in [0.717, 1.165) is 12.1 Å². The summed E-state index contributed by atoms with van der Waals surface area (Å²) in [5.74, 6) is -0.221. The van der Waals surface area contributed by atoms with E-state index in [9.17, 15) is 9.18 Å². The van der Waals surface area contributed by atoms with Crippen LogP contribution in [0.25, 0.3) is 0 Å². The van der Waals surface area contributed by atoms with E-state index >= 15 is 0 Å². The van der Waals surface area contributed by atoms with E-state index < -0.39 is 0 Å². The number of halogens is 2. The standard InChI is InChI=1S/C12H17FN2O.ClH/c1-14-8-9-15-12(16)7-4-10-2-5-11(13)6-3-10;/h2-3,5-6,14H,4,7-9H2,1H3,(H,15,16);1H. The van der Waals surface area contributed by atoms with Crippen molar-refractivity contribution in [1.82, 2.24) is 10.6 Å². The minimum atomic E-state index is -0.248. The Labute approximate surface area is 107 Å². The van der Waals surface area contributed by atoms with Crippen molar-refractivity contribution in [2.45, 2.75) is 12.8 Å². The van der Waals surface area contributed by atoms with Crippen molar-refractivity contribution in [2.24, 2.45) is 0 Å². The second-order valence-electron chi connectivity index (χ2n) is 3.58. The van der Waals surface area contributed by atoms with Gasteiger partial charge in [0.15, 0.2) is 0 Å². The summed E-state index contributed by atoms with van der Waals surface area (Å²) in [6.45, 7) is 1.40. The van der Waals surface area contributed by atoms with E-state index in [0.29, 0.717) is 19.4 Å². The third kappa shape index (κ3) is 6.92. The highest BCUT2D eigenvalue weighted by Gasteiger charge is 2.01. The second-order valence-corrected chi connectivity index (χ2v) is 3.58. The molecule has 0 aromatic heterocycles. The lowest BCUT2D eigenvalue weighted by atomic mass is 10.1. The average Bonchev–Trinajstić information content (AvgIpc) is 2.29. The van der Waals surface area contributed by atoms with Gasteiger partial charge in [-0.25, -0.2) is 4.39 Å². The van der Waals surface area contributed by atoms with Crippen LogP contribution in [0.5, 0.6) is 0 Å². The van der Waals surface area contributed by atoms with Gasteiger partial charge in [-0.2, -0.15) is 0 Å². The Morgan fingerprint density at radius 1 is 1.24 bits per heavy atom. The van der Waals surface area contributed by atoms with E-state index in [4.69, 9.17) is 0 Å². The molecular formula is C12H18ClFN2O. The Balaban J connectivity index is 0.00000256. The summed E-state index contributed by atoms with van der Waals surface area (Å²) in [6, 6.07) is 6.23. The molecule has 2 N–H and O–H groups in total. The van der Waals surface area contributed by atoms with E-state index in [1.807, 2.05) is 7.05 Å². The quantitative estimate of drug-likeness (QED) is 0.762. The lowest BCUT2D eigenvalue weighted by molar-refractivity contribution is -0.121. The number of likely N-dealkylation sites (N-methyl/N-ethyl adjacent to an activating group) is 1. The summed E-state index contributed by atoms with van der Waals surface area (Å²) < 4.78 is 12.6. The third-order valence-corrected chi connectivity index (χ3v) is 2.25. The molecule has 0 saturated carbocycles. The van der Waals surface area contributed by atoms with Gasteiger partial charge in [0, 0.05) is 19.5 Å². The fourth-order valence-corrected chi connectivity index (χ4v) is 1.32. The summed E-state index contributed by atoms with van der Waals surface area (Å²) in [7, 11) is 1.84. The van der Waals surface area contributed by atoms with Gasteiger partial charge < -0.3 is 10.6 Å². The number of amides is 1. The maximum atomic E-state index is 12.6. The molecule has 0 radical (unpaired) electrons. The molecule has 0 heterocycles. The summed E-state index contributed by atoms with van der Waals surface area (Å²) in [6.07, 6.45) is 1.08. The van der Waals surface area contributed by atoms with E-state index in [-0.39, 0.29) is 24.1 Å². The van der Waals surface area contributed by atoms with Gasteiger partial charge in [0.1, 0.15) is 5.82 Å². The lowest BCUT2D eigenvalue weighted by Crippen LogP contribution is -2.30. The van der Waals surface area contributed by atoms with Crippen molar-refractivity contribution >= 4 is 18.3 Å². The molecule has 96 valence electrons. The first-order valence-electron chi connectivity index (χ1n) is 5.38. The molecule has 5 heteroatoms. The predicted octanol–water partition coefficient (Wildman–Crippen LogP) is 1.52. The van der Waals surface area contributed by atoms with Gasteiger partial charge in [-0.3, -0.25) is 4.79 Å². The zero-order valence-corrected chi connectivity index (χ0v) is 10.6. The molecule has 0 aliphatic rings. The van der Waals surface area contributed by atoms with Crippen molar-refractivity contribution in [3.63, 3.8) is 0 Å². The van der Waals surface area contributed by atoms with Gasteiger partial charge in [-0.15, -0.1) is 12.4 Å². The van der Waals surface area contributed by atoms with Crippen LogP contribution in [-0.4, -0.2) is 26.0 Å². The van der Waals surface area contributed by atoms with Gasteiger partial charge >= 0.3 is 0 Å². The number of benzene rings is 1. The van der Waals surface area contributed by atoms with Gasteiger partial charge in [0.2, 0.25) is 5.91 Å². The van der Waals surface area contributed by atoms with Crippen molar-refractivity contribution in [3.05, 3.63) is 35.6 Å². The molecule has 0 atom stereocenters. The van der Waals surface area contributed by atoms with Crippen molar-refractivity contribution < 1.29 is 9.18 Å². The number of hydrogen-bond acceptors (Lipinski definition) is 2. The highest BCUT2D eigenvalue weighted by Crippen LogP contribution is 2.05. The van der Waals surface area contributed by atoms with Crippen LogP contribution >= 0.6 is 12.4 Å². The molecule has 0 bridgehead atoms. The van der Waals surface area contributed by atoms with Crippen molar-refractivity contribution in [1.29, 1.82) is 0 Å². The molecular weight excluding hydrogens is 243 g/mol. The van der Waals surface area contributed by atoms with Crippen LogP contribution < -0.4 is 10.6 Å². The van der Waals surface area contributed by atoms with Crippen LogP contribution in [0.3, 0.4) is 0 Å². The lowest BCUT2D eigenvalue weighted by Gasteiger charge is -2.04. The molecule has 17 heavy (non-hydrogen) atoms. The molecule has 1 aromatic rings. The zero-order valence-electron chi connectivity index (χ0n) is 9.83. The summed E-state index contributed by atoms with van der Waals surface area (Å²) in [4.78, 5) is 11.3. The van der Waals surface area contributed by atoms with Crippen LogP contribution in [-0.2, 0) is 11.2 Å². The minimum absolute atomic E-state index is 0. The van der Waals surface area contributed by atoms with Crippen LogP contribution in [0.1, 0.15) is 12.0 Å². The Bertz CT molecular complexity index is 330. The van der Waals surface area contributed by atoms with Crippen LogP contribution in [0.4, 0.5) is 4.39 Å².